The first-order valence-electron chi connectivity index (χ1n) is 7.83. The van der Waals surface area contributed by atoms with Crippen LogP contribution in [0.1, 0.15) is 75.3 Å². The number of hydrogen-bond acceptors (Lipinski definition) is 1. The molecule has 1 atom stereocenters. The van der Waals surface area contributed by atoms with Crippen molar-refractivity contribution in [3.8, 4) is 6.07 Å². The predicted molar refractivity (Wildman–Crippen MR) is 80.0 cm³/mol. The summed E-state index contributed by atoms with van der Waals surface area (Å²) in [6.07, 6.45) is 11.0. The lowest BCUT2D eigenvalue weighted by molar-refractivity contribution is 0.311. The summed E-state index contributed by atoms with van der Waals surface area (Å²) in [5, 5.41) is 8.88. The maximum Gasteiger partial charge on any atom is 0.0991 e. The molecule has 1 aromatic rings. The average molecular weight is 255 g/mol. The van der Waals surface area contributed by atoms with Gasteiger partial charge in [-0.2, -0.15) is 5.26 Å². The van der Waals surface area contributed by atoms with Gasteiger partial charge in [-0.1, -0.05) is 57.6 Å². The van der Waals surface area contributed by atoms with Gasteiger partial charge < -0.3 is 0 Å². The second-order valence-electron chi connectivity index (χ2n) is 5.96. The van der Waals surface area contributed by atoms with Crippen molar-refractivity contribution in [2.75, 3.05) is 0 Å². The van der Waals surface area contributed by atoms with E-state index >= 15 is 0 Å². The maximum absolute atomic E-state index is 8.88. The van der Waals surface area contributed by atoms with Gasteiger partial charge >= 0.3 is 0 Å². The van der Waals surface area contributed by atoms with E-state index in [1.807, 2.05) is 12.1 Å². The summed E-state index contributed by atoms with van der Waals surface area (Å²) in [5.41, 5.74) is 2.21. The molecule has 0 spiro atoms. The summed E-state index contributed by atoms with van der Waals surface area (Å²) in [6, 6.07) is 10.5. The Kier molecular flexibility index (Phi) is 5.45. The van der Waals surface area contributed by atoms with E-state index in [0.717, 1.165) is 11.5 Å². The van der Waals surface area contributed by atoms with E-state index in [1.165, 1.54) is 56.9 Å². The lowest BCUT2D eigenvalue weighted by Crippen LogP contribution is -2.11. The first kappa shape index (κ1) is 14.1. The molecule has 0 aromatic heterocycles. The Morgan fingerprint density at radius 1 is 1.16 bits per heavy atom. The monoisotopic (exact) mass is 255 g/mol. The fraction of sp³-hybridized carbons (Fsp3) is 0.611. The first-order chi connectivity index (χ1) is 9.33. The number of hydrogen-bond donors (Lipinski definition) is 0. The molecule has 1 fully saturated rings. The molecule has 1 nitrogen and oxygen atoms in total. The summed E-state index contributed by atoms with van der Waals surface area (Å²) in [7, 11) is 0. The van der Waals surface area contributed by atoms with Crippen LogP contribution in [0.5, 0.6) is 0 Å². The number of nitrogens with zero attached hydrogens (tertiary/aromatic N) is 1. The molecular weight excluding hydrogens is 230 g/mol. The summed E-state index contributed by atoms with van der Waals surface area (Å²) < 4.78 is 0. The largest absolute Gasteiger partial charge is 0.192 e. The fourth-order valence-corrected chi connectivity index (χ4v) is 3.42. The van der Waals surface area contributed by atoms with Crippen LogP contribution in [0.3, 0.4) is 0 Å². The highest BCUT2D eigenvalue weighted by atomic mass is 14.3. The molecule has 1 aromatic carbocycles. The molecule has 1 heteroatoms. The van der Waals surface area contributed by atoms with E-state index in [-0.39, 0.29) is 0 Å². The normalized spacial score (nSPS) is 17.9. The second kappa shape index (κ2) is 7.34. The predicted octanol–water partition coefficient (Wildman–Crippen LogP) is 5.41. The van der Waals surface area contributed by atoms with E-state index in [9.17, 15) is 0 Å². The zero-order valence-corrected chi connectivity index (χ0v) is 12.1. The van der Waals surface area contributed by atoms with Crippen LogP contribution in [0.2, 0.25) is 0 Å². The molecule has 19 heavy (non-hydrogen) atoms. The molecule has 0 aliphatic heterocycles. The van der Waals surface area contributed by atoms with Crippen LogP contribution in [0, 0.1) is 17.2 Å². The molecular formula is C18H25N. The maximum atomic E-state index is 8.88. The minimum atomic E-state index is 0.695. The Balaban J connectivity index is 2.03. The van der Waals surface area contributed by atoms with Crippen molar-refractivity contribution in [2.24, 2.45) is 5.92 Å². The molecule has 102 valence electrons. The zero-order chi connectivity index (χ0) is 13.5. The minimum Gasteiger partial charge on any atom is -0.192 e. The Morgan fingerprint density at radius 2 is 1.84 bits per heavy atom. The molecule has 0 amide bonds. The van der Waals surface area contributed by atoms with Crippen molar-refractivity contribution in [2.45, 2.75) is 64.2 Å². The average Bonchev–Trinajstić information content (AvgIpc) is 2.48. The number of nitriles is 1. The van der Waals surface area contributed by atoms with Crippen LogP contribution in [0.4, 0.5) is 0 Å². The van der Waals surface area contributed by atoms with Gasteiger partial charge in [-0.05, 0) is 42.4 Å². The van der Waals surface area contributed by atoms with Gasteiger partial charge in [-0.3, -0.25) is 0 Å². The van der Waals surface area contributed by atoms with E-state index in [2.05, 4.69) is 25.1 Å². The third-order valence-corrected chi connectivity index (χ3v) is 4.49. The van der Waals surface area contributed by atoms with Crippen molar-refractivity contribution in [3.63, 3.8) is 0 Å². The first-order valence-corrected chi connectivity index (χ1v) is 7.83. The highest BCUT2D eigenvalue weighted by molar-refractivity contribution is 5.33. The highest BCUT2D eigenvalue weighted by Crippen LogP contribution is 2.35. The third-order valence-electron chi connectivity index (χ3n) is 4.49. The molecule has 0 heterocycles. The summed E-state index contributed by atoms with van der Waals surface area (Å²) in [5.74, 6) is 1.63. The Bertz CT molecular complexity index is 406. The Morgan fingerprint density at radius 3 is 2.42 bits per heavy atom. The van der Waals surface area contributed by atoms with Crippen molar-refractivity contribution in [1.29, 1.82) is 5.26 Å². The van der Waals surface area contributed by atoms with Crippen LogP contribution in [0.15, 0.2) is 24.3 Å². The molecule has 2 rings (SSSR count). The van der Waals surface area contributed by atoms with Gasteiger partial charge in [0.05, 0.1) is 11.6 Å². The molecule has 1 aliphatic carbocycles. The summed E-state index contributed by atoms with van der Waals surface area (Å²) in [4.78, 5) is 0. The van der Waals surface area contributed by atoms with Crippen LogP contribution in [-0.2, 0) is 0 Å². The zero-order valence-electron chi connectivity index (χ0n) is 12.1. The van der Waals surface area contributed by atoms with E-state index in [4.69, 9.17) is 5.26 Å². The highest BCUT2D eigenvalue weighted by Gasteiger charge is 2.19. The van der Waals surface area contributed by atoms with Crippen LogP contribution in [-0.4, -0.2) is 0 Å². The smallest absolute Gasteiger partial charge is 0.0991 e. The third kappa shape index (κ3) is 4.10. The lowest BCUT2D eigenvalue weighted by Gasteiger charge is -2.26. The quantitative estimate of drug-likeness (QED) is 0.690. The lowest BCUT2D eigenvalue weighted by atomic mass is 9.79. The van der Waals surface area contributed by atoms with Crippen LogP contribution < -0.4 is 0 Å². The molecule has 0 bridgehead atoms. The van der Waals surface area contributed by atoms with Crippen molar-refractivity contribution in [1.82, 2.24) is 0 Å². The SMILES string of the molecule is CCCC(CC1CCCCC1)c1ccc(C#N)cc1. The Labute approximate surface area is 117 Å². The summed E-state index contributed by atoms with van der Waals surface area (Å²) in [6.45, 7) is 2.28. The van der Waals surface area contributed by atoms with Crippen molar-refractivity contribution >= 4 is 0 Å². The van der Waals surface area contributed by atoms with Crippen LogP contribution >= 0.6 is 0 Å². The molecule has 1 aliphatic rings. The minimum absolute atomic E-state index is 0.695. The van der Waals surface area contributed by atoms with E-state index < -0.39 is 0 Å². The molecule has 0 N–H and O–H groups in total. The van der Waals surface area contributed by atoms with E-state index in [1.54, 1.807) is 0 Å². The standard InChI is InChI=1S/C18H25N/c1-2-6-18(13-15-7-4-3-5-8-15)17-11-9-16(14-19)10-12-17/h9-12,15,18H,2-8,13H2,1H3. The van der Waals surface area contributed by atoms with Crippen LogP contribution in [0.25, 0.3) is 0 Å². The number of rotatable bonds is 5. The van der Waals surface area contributed by atoms with Crippen molar-refractivity contribution in [3.05, 3.63) is 35.4 Å². The van der Waals surface area contributed by atoms with Gasteiger partial charge in [-0.15, -0.1) is 0 Å². The number of benzene rings is 1. The molecule has 0 radical (unpaired) electrons. The molecule has 0 saturated heterocycles. The molecule has 1 saturated carbocycles. The van der Waals surface area contributed by atoms with Gasteiger partial charge in [0.1, 0.15) is 0 Å². The topological polar surface area (TPSA) is 23.8 Å². The molecule has 1 unspecified atom stereocenters. The fourth-order valence-electron chi connectivity index (χ4n) is 3.42. The van der Waals surface area contributed by atoms with Gasteiger partial charge in [0.2, 0.25) is 0 Å². The van der Waals surface area contributed by atoms with E-state index in [0.29, 0.717) is 5.92 Å². The second-order valence-corrected chi connectivity index (χ2v) is 5.96. The summed E-state index contributed by atoms with van der Waals surface area (Å²) >= 11 is 0. The van der Waals surface area contributed by atoms with Gasteiger partial charge in [0, 0.05) is 0 Å². The van der Waals surface area contributed by atoms with Gasteiger partial charge in [0.25, 0.3) is 0 Å². The van der Waals surface area contributed by atoms with Crippen molar-refractivity contribution < 1.29 is 0 Å². The Hall–Kier alpha value is -1.29. The van der Waals surface area contributed by atoms with Gasteiger partial charge in [0.15, 0.2) is 0 Å². The van der Waals surface area contributed by atoms with Gasteiger partial charge in [-0.25, -0.2) is 0 Å².